The maximum absolute atomic E-state index is 11.3. The van der Waals surface area contributed by atoms with Gasteiger partial charge in [0.2, 0.25) is 5.78 Å². The Morgan fingerprint density at radius 3 is 2.91 bits per heavy atom. The topological polar surface area (TPSA) is 30.2 Å². The molecule has 2 heteroatoms. The highest BCUT2D eigenvalue weighted by Gasteiger charge is 2.14. The summed E-state index contributed by atoms with van der Waals surface area (Å²) >= 11 is 0. The minimum absolute atomic E-state index is 0.0705. The third kappa shape index (κ3) is 1.70. The lowest BCUT2D eigenvalue weighted by Gasteiger charge is -2.02. The van der Waals surface area contributed by atoms with E-state index in [1.807, 2.05) is 13.8 Å². The predicted octanol–water partition coefficient (Wildman–Crippen LogP) is 2.51. The molecule has 0 bridgehead atoms. The molecule has 0 fully saturated rings. The van der Waals surface area contributed by atoms with Crippen molar-refractivity contribution >= 4 is 5.78 Å². The Balaban J connectivity index is 2.70. The van der Waals surface area contributed by atoms with Gasteiger partial charge in [0.15, 0.2) is 5.76 Å². The average molecular weight is 152 g/mol. The van der Waals surface area contributed by atoms with Crippen LogP contribution in [0.2, 0.25) is 0 Å². The van der Waals surface area contributed by atoms with Crippen molar-refractivity contribution < 1.29 is 9.21 Å². The molecule has 0 N–H and O–H groups in total. The second kappa shape index (κ2) is 3.37. The Bertz CT molecular complexity index is 224. The molecule has 1 heterocycles. The van der Waals surface area contributed by atoms with Crippen LogP contribution in [0, 0.1) is 5.92 Å². The Kier molecular flexibility index (Phi) is 2.47. The highest BCUT2D eigenvalue weighted by atomic mass is 16.3. The quantitative estimate of drug-likeness (QED) is 0.623. The fraction of sp³-hybridized carbons (Fsp3) is 0.444. The normalized spacial score (nSPS) is 12.9. The van der Waals surface area contributed by atoms with Gasteiger partial charge in [-0.3, -0.25) is 4.79 Å². The zero-order valence-corrected chi connectivity index (χ0v) is 6.83. The summed E-state index contributed by atoms with van der Waals surface area (Å²) in [4.78, 5) is 11.3. The lowest BCUT2D eigenvalue weighted by Crippen LogP contribution is -2.08. The van der Waals surface area contributed by atoms with E-state index < -0.39 is 0 Å². The molecular weight excluding hydrogens is 140 g/mol. The molecule has 0 aliphatic heterocycles. The molecule has 1 atom stereocenters. The SMILES string of the molecule is CC[C@@H](C)C(=O)c1ccco1. The number of rotatable bonds is 3. The van der Waals surface area contributed by atoms with Crippen LogP contribution in [0.25, 0.3) is 0 Å². The third-order valence-corrected chi connectivity index (χ3v) is 1.82. The van der Waals surface area contributed by atoms with Crippen molar-refractivity contribution in [2.75, 3.05) is 0 Å². The zero-order chi connectivity index (χ0) is 8.27. The molecule has 2 nitrogen and oxygen atoms in total. The monoisotopic (exact) mass is 152 g/mol. The number of hydrogen-bond acceptors (Lipinski definition) is 2. The Hall–Kier alpha value is -1.05. The van der Waals surface area contributed by atoms with Gasteiger partial charge in [0, 0.05) is 5.92 Å². The standard InChI is InChI=1S/C9H12O2/c1-3-7(2)9(10)8-5-4-6-11-8/h4-7H,3H2,1-2H3/t7-/m1/s1. The minimum Gasteiger partial charge on any atom is -0.461 e. The van der Waals surface area contributed by atoms with E-state index in [4.69, 9.17) is 4.42 Å². The minimum atomic E-state index is 0.0705. The van der Waals surface area contributed by atoms with E-state index >= 15 is 0 Å². The summed E-state index contributed by atoms with van der Waals surface area (Å²) in [5.74, 6) is 0.637. The molecule has 0 unspecified atom stereocenters. The third-order valence-electron chi connectivity index (χ3n) is 1.82. The van der Waals surface area contributed by atoms with Crippen LogP contribution in [0.4, 0.5) is 0 Å². The second-order valence-electron chi connectivity index (χ2n) is 2.65. The van der Waals surface area contributed by atoms with Gasteiger partial charge in [0.25, 0.3) is 0 Å². The molecule has 0 radical (unpaired) electrons. The lowest BCUT2D eigenvalue weighted by atomic mass is 10.0. The summed E-state index contributed by atoms with van der Waals surface area (Å²) in [7, 11) is 0. The molecular formula is C9H12O2. The van der Waals surface area contributed by atoms with Crippen molar-refractivity contribution in [3.05, 3.63) is 24.2 Å². The fourth-order valence-corrected chi connectivity index (χ4v) is 0.847. The average Bonchev–Trinajstić information content (AvgIpc) is 2.53. The van der Waals surface area contributed by atoms with Crippen LogP contribution < -0.4 is 0 Å². The summed E-state index contributed by atoms with van der Waals surface area (Å²) in [6.45, 7) is 3.90. The number of furan rings is 1. The molecule has 0 amide bonds. The van der Waals surface area contributed by atoms with Crippen LogP contribution in [-0.4, -0.2) is 5.78 Å². The van der Waals surface area contributed by atoms with E-state index in [1.54, 1.807) is 12.1 Å². The van der Waals surface area contributed by atoms with Gasteiger partial charge in [-0.1, -0.05) is 13.8 Å². The van der Waals surface area contributed by atoms with Crippen molar-refractivity contribution in [1.29, 1.82) is 0 Å². The van der Waals surface area contributed by atoms with Gasteiger partial charge in [-0.05, 0) is 18.6 Å². The van der Waals surface area contributed by atoms with Gasteiger partial charge in [-0.2, -0.15) is 0 Å². The van der Waals surface area contributed by atoms with E-state index in [0.717, 1.165) is 6.42 Å². The lowest BCUT2D eigenvalue weighted by molar-refractivity contribution is 0.0899. The molecule has 0 spiro atoms. The molecule has 0 aliphatic rings. The Labute approximate surface area is 66.2 Å². The van der Waals surface area contributed by atoms with Crippen molar-refractivity contribution in [2.45, 2.75) is 20.3 Å². The molecule has 60 valence electrons. The zero-order valence-electron chi connectivity index (χ0n) is 6.83. The first-order valence-electron chi connectivity index (χ1n) is 3.83. The number of Topliss-reactive ketones (excluding diaryl/α,β-unsaturated/α-hetero) is 1. The molecule has 0 aliphatic carbocycles. The van der Waals surface area contributed by atoms with Gasteiger partial charge < -0.3 is 4.42 Å². The first-order valence-corrected chi connectivity index (χ1v) is 3.83. The number of hydrogen-bond donors (Lipinski definition) is 0. The van der Waals surface area contributed by atoms with Crippen molar-refractivity contribution in [2.24, 2.45) is 5.92 Å². The van der Waals surface area contributed by atoms with Crippen LogP contribution in [0.5, 0.6) is 0 Å². The van der Waals surface area contributed by atoms with Crippen LogP contribution in [0.3, 0.4) is 0 Å². The summed E-state index contributed by atoms with van der Waals surface area (Å²) < 4.78 is 4.97. The first-order chi connectivity index (χ1) is 5.25. The Morgan fingerprint density at radius 1 is 1.73 bits per heavy atom. The van der Waals surface area contributed by atoms with Gasteiger partial charge in [-0.15, -0.1) is 0 Å². The molecule has 0 aromatic carbocycles. The Morgan fingerprint density at radius 2 is 2.45 bits per heavy atom. The molecule has 11 heavy (non-hydrogen) atoms. The van der Waals surface area contributed by atoms with Gasteiger partial charge in [-0.25, -0.2) is 0 Å². The second-order valence-corrected chi connectivity index (χ2v) is 2.65. The van der Waals surface area contributed by atoms with Crippen LogP contribution in [0.15, 0.2) is 22.8 Å². The molecule has 1 aromatic rings. The fourth-order valence-electron chi connectivity index (χ4n) is 0.847. The molecule has 1 rings (SSSR count). The van der Waals surface area contributed by atoms with E-state index in [9.17, 15) is 4.79 Å². The van der Waals surface area contributed by atoms with Gasteiger partial charge in [0.1, 0.15) is 0 Å². The van der Waals surface area contributed by atoms with Crippen LogP contribution in [0.1, 0.15) is 30.8 Å². The van der Waals surface area contributed by atoms with Gasteiger partial charge >= 0.3 is 0 Å². The highest BCUT2D eigenvalue weighted by Crippen LogP contribution is 2.11. The maximum atomic E-state index is 11.3. The van der Waals surface area contributed by atoms with E-state index in [-0.39, 0.29) is 11.7 Å². The van der Waals surface area contributed by atoms with E-state index in [1.165, 1.54) is 6.26 Å². The molecule has 0 saturated carbocycles. The maximum Gasteiger partial charge on any atom is 0.200 e. The number of ketones is 1. The molecule has 0 saturated heterocycles. The highest BCUT2D eigenvalue weighted by molar-refractivity contribution is 5.94. The van der Waals surface area contributed by atoms with E-state index in [2.05, 4.69) is 0 Å². The number of carbonyl (C=O) groups is 1. The van der Waals surface area contributed by atoms with Gasteiger partial charge in [0.05, 0.1) is 6.26 Å². The smallest absolute Gasteiger partial charge is 0.200 e. The summed E-state index contributed by atoms with van der Waals surface area (Å²) in [5, 5.41) is 0. The van der Waals surface area contributed by atoms with Crippen molar-refractivity contribution in [1.82, 2.24) is 0 Å². The predicted molar refractivity (Wildman–Crippen MR) is 42.5 cm³/mol. The van der Waals surface area contributed by atoms with Crippen LogP contribution in [-0.2, 0) is 0 Å². The molecule has 1 aromatic heterocycles. The summed E-state index contributed by atoms with van der Waals surface area (Å²) in [5.41, 5.74) is 0. The summed E-state index contributed by atoms with van der Waals surface area (Å²) in [6, 6.07) is 3.43. The summed E-state index contributed by atoms with van der Waals surface area (Å²) in [6.07, 6.45) is 2.38. The van der Waals surface area contributed by atoms with Crippen molar-refractivity contribution in [3.8, 4) is 0 Å². The van der Waals surface area contributed by atoms with E-state index in [0.29, 0.717) is 5.76 Å². The number of carbonyl (C=O) groups excluding carboxylic acids is 1. The largest absolute Gasteiger partial charge is 0.461 e. The van der Waals surface area contributed by atoms with Crippen molar-refractivity contribution in [3.63, 3.8) is 0 Å². The first kappa shape index (κ1) is 8.05. The van der Waals surface area contributed by atoms with Crippen LogP contribution >= 0.6 is 0 Å².